The Bertz CT molecular complexity index is 460. The first kappa shape index (κ1) is 8.10. The van der Waals surface area contributed by atoms with Crippen molar-refractivity contribution in [2.24, 2.45) is 0 Å². The van der Waals surface area contributed by atoms with E-state index in [1.807, 2.05) is 0 Å². The normalized spacial score (nSPS) is 10.7. The van der Waals surface area contributed by atoms with Gasteiger partial charge in [0, 0.05) is 11.5 Å². The standard InChI is InChI=1S/C10H7F2N/c1-6-4-10(12)13-9-5-7(11)2-3-8(6)9/h2-5H,1H3. The zero-order valence-corrected chi connectivity index (χ0v) is 7.01. The van der Waals surface area contributed by atoms with Crippen LogP contribution in [0.25, 0.3) is 10.9 Å². The van der Waals surface area contributed by atoms with Gasteiger partial charge in [-0.25, -0.2) is 9.37 Å². The lowest BCUT2D eigenvalue weighted by Gasteiger charge is -2.00. The molecule has 1 heterocycles. The number of rotatable bonds is 0. The summed E-state index contributed by atoms with van der Waals surface area (Å²) >= 11 is 0. The molecule has 0 N–H and O–H groups in total. The molecule has 0 aliphatic heterocycles. The van der Waals surface area contributed by atoms with E-state index in [-0.39, 0.29) is 0 Å². The van der Waals surface area contributed by atoms with Crippen LogP contribution in [0.5, 0.6) is 0 Å². The lowest BCUT2D eigenvalue weighted by Crippen LogP contribution is -1.88. The highest BCUT2D eigenvalue weighted by Crippen LogP contribution is 2.17. The largest absolute Gasteiger partial charge is 0.220 e. The van der Waals surface area contributed by atoms with Crippen LogP contribution in [0.3, 0.4) is 0 Å². The van der Waals surface area contributed by atoms with E-state index in [4.69, 9.17) is 0 Å². The van der Waals surface area contributed by atoms with E-state index in [2.05, 4.69) is 4.98 Å². The highest BCUT2D eigenvalue weighted by molar-refractivity contribution is 5.81. The molecule has 0 fully saturated rings. The van der Waals surface area contributed by atoms with Crippen LogP contribution < -0.4 is 0 Å². The second-order valence-corrected chi connectivity index (χ2v) is 2.92. The summed E-state index contributed by atoms with van der Waals surface area (Å²) in [5.41, 5.74) is 1.13. The van der Waals surface area contributed by atoms with Crippen LogP contribution in [-0.2, 0) is 0 Å². The maximum atomic E-state index is 12.8. The van der Waals surface area contributed by atoms with Crippen molar-refractivity contribution in [3.63, 3.8) is 0 Å². The number of benzene rings is 1. The molecule has 2 aromatic rings. The number of halogens is 2. The van der Waals surface area contributed by atoms with Crippen LogP contribution >= 0.6 is 0 Å². The summed E-state index contributed by atoms with van der Waals surface area (Å²) in [5.74, 6) is -0.972. The summed E-state index contributed by atoms with van der Waals surface area (Å²) in [6.45, 7) is 1.77. The van der Waals surface area contributed by atoms with E-state index < -0.39 is 11.8 Å². The van der Waals surface area contributed by atoms with Gasteiger partial charge in [0.2, 0.25) is 5.95 Å². The molecule has 0 saturated carbocycles. The lowest BCUT2D eigenvalue weighted by molar-refractivity contribution is 0.587. The Hall–Kier alpha value is -1.51. The number of aromatic nitrogens is 1. The van der Waals surface area contributed by atoms with Gasteiger partial charge >= 0.3 is 0 Å². The van der Waals surface area contributed by atoms with Crippen molar-refractivity contribution in [2.75, 3.05) is 0 Å². The molecule has 0 radical (unpaired) electrons. The second-order valence-electron chi connectivity index (χ2n) is 2.92. The summed E-state index contributed by atoms with van der Waals surface area (Å²) in [6.07, 6.45) is 0. The Morgan fingerprint density at radius 2 is 1.92 bits per heavy atom. The minimum Gasteiger partial charge on any atom is -0.220 e. The zero-order chi connectivity index (χ0) is 9.42. The number of fused-ring (bicyclic) bond motifs is 1. The van der Waals surface area contributed by atoms with Gasteiger partial charge in [-0.15, -0.1) is 0 Å². The first-order valence-electron chi connectivity index (χ1n) is 3.89. The second kappa shape index (κ2) is 2.76. The third-order valence-electron chi connectivity index (χ3n) is 1.95. The fourth-order valence-corrected chi connectivity index (χ4v) is 1.33. The van der Waals surface area contributed by atoms with E-state index in [0.717, 1.165) is 10.9 Å². The molecule has 66 valence electrons. The SMILES string of the molecule is Cc1cc(F)nc2cc(F)ccc12. The average molecular weight is 179 g/mol. The smallest absolute Gasteiger partial charge is 0.213 e. The van der Waals surface area contributed by atoms with E-state index in [9.17, 15) is 8.78 Å². The Morgan fingerprint density at radius 3 is 2.69 bits per heavy atom. The summed E-state index contributed by atoms with van der Waals surface area (Å²) in [4.78, 5) is 3.59. The maximum absolute atomic E-state index is 12.8. The van der Waals surface area contributed by atoms with Crippen molar-refractivity contribution >= 4 is 10.9 Å². The molecule has 3 heteroatoms. The van der Waals surface area contributed by atoms with Gasteiger partial charge in [0.25, 0.3) is 0 Å². The lowest BCUT2D eigenvalue weighted by atomic mass is 10.1. The molecule has 1 aromatic heterocycles. The molecule has 0 aliphatic rings. The Kier molecular flexibility index (Phi) is 1.72. The number of pyridine rings is 1. The minimum absolute atomic E-state index is 0.359. The molecular formula is C10H7F2N. The number of hydrogen-bond donors (Lipinski definition) is 0. The topological polar surface area (TPSA) is 12.9 Å². The first-order valence-corrected chi connectivity index (χ1v) is 3.89. The third-order valence-corrected chi connectivity index (χ3v) is 1.95. The molecule has 2 rings (SSSR count). The van der Waals surface area contributed by atoms with Crippen molar-refractivity contribution < 1.29 is 8.78 Å². The Morgan fingerprint density at radius 1 is 1.15 bits per heavy atom. The maximum Gasteiger partial charge on any atom is 0.213 e. The molecule has 0 amide bonds. The van der Waals surface area contributed by atoms with Crippen molar-refractivity contribution in [3.05, 3.63) is 41.6 Å². The summed E-state index contributed by atoms with van der Waals surface area (Å²) < 4.78 is 25.5. The van der Waals surface area contributed by atoms with Crippen LogP contribution in [0.15, 0.2) is 24.3 Å². The molecule has 0 bridgehead atoms. The number of hydrogen-bond acceptors (Lipinski definition) is 1. The van der Waals surface area contributed by atoms with Crippen LogP contribution in [0, 0.1) is 18.7 Å². The van der Waals surface area contributed by atoms with Gasteiger partial charge in [-0.1, -0.05) is 0 Å². The van der Waals surface area contributed by atoms with Crippen LogP contribution in [0.4, 0.5) is 8.78 Å². The minimum atomic E-state index is -0.574. The molecule has 0 spiro atoms. The van der Waals surface area contributed by atoms with E-state index in [1.165, 1.54) is 18.2 Å². The number of aryl methyl sites for hydroxylation is 1. The molecule has 1 aromatic carbocycles. The van der Waals surface area contributed by atoms with Crippen molar-refractivity contribution in [2.45, 2.75) is 6.92 Å². The Balaban J connectivity index is 2.86. The average Bonchev–Trinajstić information content (AvgIpc) is 2.02. The molecule has 0 unspecified atom stereocenters. The van der Waals surface area contributed by atoms with Gasteiger partial charge < -0.3 is 0 Å². The van der Waals surface area contributed by atoms with Gasteiger partial charge in [-0.05, 0) is 30.7 Å². The van der Waals surface area contributed by atoms with Crippen molar-refractivity contribution in [1.82, 2.24) is 4.98 Å². The molecule has 1 nitrogen and oxygen atoms in total. The molecule has 0 atom stereocenters. The quantitative estimate of drug-likeness (QED) is 0.566. The van der Waals surface area contributed by atoms with Gasteiger partial charge in [0.05, 0.1) is 5.52 Å². The summed E-state index contributed by atoms with van der Waals surface area (Å²) in [5, 5.41) is 0.780. The van der Waals surface area contributed by atoms with E-state index in [0.29, 0.717) is 5.52 Å². The fraction of sp³-hybridized carbons (Fsp3) is 0.100. The van der Waals surface area contributed by atoms with Gasteiger partial charge in [0.1, 0.15) is 5.82 Å². The van der Waals surface area contributed by atoms with Crippen molar-refractivity contribution in [3.8, 4) is 0 Å². The highest BCUT2D eigenvalue weighted by atomic mass is 19.1. The van der Waals surface area contributed by atoms with Crippen molar-refractivity contribution in [1.29, 1.82) is 0 Å². The predicted octanol–water partition coefficient (Wildman–Crippen LogP) is 2.82. The molecule has 0 saturated heterocycles. The predicted molar refractivity (Wildman–Crippen MR) is 46.4 cm³/mol. The molecule has 13 heavy (non-hydrogen) atoms. The van der Waals surface area contributed by atoms with Crippen LogP contribution in [0.2, 0.25) is 0 Å². The first-order chi connectivity index (χ1) is 6.16. The van der Waals surface area contributed by atoms with Gasteiger partial charge in [-0.2, -0.15) is 4.39 Å². The van der Waals surface area contributed by atoms with E-state index >= 15 is 0 Å². The van der Waals surface area contributed by atoms with Gasteiger partial charge in [0.15, 0.2) is 0 Å². The Labute approximate surface area is 74.0 Å². The van der Waals surface area contributed by atoms with Gasteiger partial charge in [-0.3, -0.25) is 0 Å². The molecule has 0 aliphatic carbocycles. The molecular weight excluding hydrogens is 172 g/mol. The summed E-state index contributed by atoms with van der Waals surface area (Å²) in [6, 6.07) is 5.51. The van der Waals surface area contributed by atoms with Crippen LogP contribution in [0.1, 0.15) is 5.56 Å². The third kappa shape index (κ3) is 1.37. The summed E-state index contributed by atoms with van der Waals surface area (Å²) in [7, 11) is 0. The van der Waals surface area contributed by atoms with Crippen LogP contribution in [-0.4, -0.2) is 4.98 Å². The van der Waals surface area contributed by atoms with E-state index in [1.54, 1.807) is 13.0 Å². The fourth-order valence-electron chi connectivity index (χ4n) is 1.33. The highest BCUT2D eigenvalue weighted by Gasteiger charge is 2.02. The zero-order valence-electron chi connectivity index (χ0n) is 7.01. The number of nitrogens with zero attached hydrogens (tertiary/aromatic N) is 1. The monoisotopic (exact) mass is 179 g/mol.